The Morgan fingerprint density at radius 2 is 1.67 bits per heavy atom. The van der Waals surface area contributed by atoms with Crippen LogP contribution < -0.4 is 10.5 Å². The molecule has 1 rings (SSSR count). The van der Waals surface area contributed by atoms with E-state index in [1.807, 2.05) is 0 Å². The first-order chi connectivity index (χ1) is 8.56. The Kier molecular flexibility index (Phi) is 6.05. The minimum Gasteiger partial charge on any atom is -0.435 e. The molecule has 1 aromatic carbocycles. The fourth-order valence-electron chi connectivity index (χ4n) is 2.01. The van der Waals surface area contributed by atoms with Crippen molar-refractivity contribution in [2.75, 3.05) is 0 Å². The van der Waals surface area contributed by atoms with Crippen LogP contribution in [0.1, 0.15) is 44.7 Å². The molecular formula is C14H21F2NO. The van der Waals surface area contributed by atoms with E-state index in [-0.39, 0.29) is 11.8 Å². The molecule has 0 aliphatic rings. The third-order valence-corrected chi connectivity index (χ3v) is 3.28. The largest absolute Gasteiger partial charge is 0.435 e. The van der Waals surface area contributed by atoms with E-state index in [0.717, 1.165) is 24.8 Å². The third-order valence-electron chi connectivity index (χ3n) is 3.28. The van der Waals surface area contributed by atoms with Crippen LogP contribution in [0.3, 0.4) is 0 Å². The summed E-state index contributed by atoms with van der Waals surface area (Å²) in [5, 5.41) is 0. The molecule has 0 aliphatic heterocycles. The number of hydrogen-bond acceptors (Lipinski definition) is 2. The van der Waals surface area contributed by atoms with E-state index in [9.17, 15) is 8.78 Å². The molecule has 1 unspecified atom stereocenters. The minimum atomic E-state index is -2.78. The van der Waals surface area contributed by atoms with Crippen LogP contribution in [-0.2, 0) is 0 Å². The Hall–Kier alpha value is -1.16. The van der Waals surface area contributed by atoms with Gasteiger partial charge in [0.1, 0.15) is 5.75 Å². The number of hydrogen-bond donors (Lipinski definition) is 1. The molecule has 0 saturated carbocycles. The summed E-state index contributed by atoms with van der Waals surface area (Å²) in [7, 11) is 0. The molecular weight excluding hydrogens is 236 g/mol. The zero-order chi connectivity index (χ0) is 13.5. The van der Waals surface area contributed by atoms with Gasteiger partial charge in [0, 0.05) is 6.04 Å². The van der Waals surface area contributed by atoms with Crippen molar-refractivity contribution >= 4 is 0 Å². The first-order valence-electron chi connectivity index (χ1n) is 6.37. The summed E-state index contributed by atoms with van der Waals surface area (Å²) in [4.78, 5) is 0. The predicted octanol–water partition coefficient (Wildman–Crippen LogP) is 4.11. The topological polar surface area (TPSA) is 35.2 Å². The maximum absolute atomic E-state index is 12.0. The second-order valence-electron chi connectivity index (χ2n) is 4.47. The van der Waals surface area contributed by atoms with Crippen molar-refractivity contribution in [2.45, 2.75) is 45.8 Å². The van der Waals surface area contributed by atoms with Crippen LogP contribution in [0.15, 0.2) is 24.3 Å². The van der Waals surface area contributed by atoms with Gasteiger partial charge < -0.3 is 10.5 Å². The highest BCUT2D eigenvalue weighted by Crippen LogP contribution is 2.25. The molecule has 4 heteroatoms. The number of ether oxygens (including phenoxy) is 1. The quantitative estimate of drug-likeness (QED) is 0.797. The molecule has 2 nitrogen and oxygen atoms in total. The van der Waals surface area contributed by atoms with Gasteiger partial charge >= 0.3 is 6.61 Å². The number of halogens is 2. The summed E-state index contributed by atoms with van der Waals surface area (Å²) in [6.07, 6.45) is 3.13. The summed E-state index contributed by atoms with van der Waals surface area (Å²) in [5.41, 5.74) is 7.07. The van der Waals surface area contributed by atoms with Crippen LogP contribution in [-0.4, -0.2) is 6.61 Å². The lowest BCUT2D eigenvalue weighted by atomic mass is 9.92. The summed E-state index contributed by atoms with van der Waals surface area (Å²) in [6.45, 7) is 1.52. The Bertz CT molecular complexity index is 336. The second-order valence-corrected chi connectivity index (χ2v) is 4.47. The van der Waals surface area contributed by atoms with Crippen molar-refractivity contribution in [3.8, 4) is 5.75 Å². The van der Waals surface area contributed by atoms with E-state index < -0.39 is 6.61 Å². The van der Waals surface area contributed by atoms with E-state index in [1.54, 1.807) is 12.1 Å². The standard InChI is InChI=1S/C14H21F2NO/c1-3-10(4-2)9-13(17)11-5-7-12(8-6-11)18-14(15)16/h5-8,10,13-14H,3-4,9,17H2,1-2H3. The van der Waals surface area contributed by atoms with Crippen LogP contribution in [0.2, 0.25) is 0 Å². The Morgan fingerprint density at radius 1 is 1.11 bits per heavy atom. The Balaban J connectivity index is 2.61. The lowest BCUT2D eigenvalue weighted by Gasteiger charge is -2.18. The van der Waals surface area contributed by atoms with E-state index in [2.05, 4.69) is 18.6 Å². The van der Waals surface area contributed by atoms with Gasteiger partial charge in [0.25, 0.3) is 0 Å². The maximum atomic E-state index is 12.0. The Morgan fingerprint density at radius 3 is 2.11 bits per heavy atom. The molecule has 0 aromatic heterocycles. The van der Waals surface area contributed by atoms with Crippen LogP contribution in [0.25, 0.3) is 0 Å². The van der Waals surface area contributed by atoms with Gasteiger partial charge in [-0.2, -0.15) is 8.78 Å². The van der Waals surface area contributed by atoms with Crippen molar-refractivity contribution in [1.82, 2.24) is 0 Å². The molecule has 18 heavy (non-hydrogen) atoms. The number of alkyl halides is 2. The van der Waals surface area contributed by atoms with Gasteiger partial charge in [0.15, 0.2) is 0 Å². The molecule has 1 aromatic rings. The zero-order valence-corrected chi connectivity index (χ0v) is 10.9. The normalized spacial score (nSPS) is 13.1. The maximum Gasteiger partial charge on any atom is 0.387 e. The Labute approximate surface area is 107 Å². The van der Waals surface area contributed by atoms with Gasteiger partial charge in [-0.1, -0.05) is 38.8 Å². The van der Waals surface area contributed by atoms with Crippen molar-refractivity contribution in [3.05, 3.63) is 29.8 Å². The van der Waals surface area contributed by atoms with Crippen LogP contribution >= 0.6 is 0 Å². The van der Waals surface area contributed by atoms with Gasteiger partial charge in [-0.25, -0.2) is 0 Å². The van der Waals surface area contributed by atoms with Crippen molar-refractivity contribution in [2.24, 2.45) is 11.7 Å². The van der Waals surface area contributed by atoms with Crippen molar-refractivity contribution in [1.29, 1.82) is 0 Å². The highest BCUT2D eigenvalue weighted by atomic mass is 19.3. The minimum absolute atomic E-state index is 0.0458. The molecule has 0 aliphatic carbocycles. The molecule has 0 bridgehead atoms. The van der Waals surface area contributed by atoms with E-state index in [0.29, 0.717) is 5.92 Å². The van der Waals surface area contributed by atoms with Gasteiger partial charge in [-0.15, -0.1) is 0 Å². The average molecular weight is 257 g/mol. The van der Waals surface area contributed by atoms with Crippen LogP contribution in [0.5, 0.6) is 5.75 Å². The lowest BCUT2D eigenvalue weighted by molar-refractivity contribution is -0.0498. The molecule has 0 spiro atoms. The summed E-state index contributed by atoms with van der Waals surface area (Å²) in [5.74, 6) is 0.778. The highest BCUT2D eigenvalue weighted by Gasteiger charge is 2.12. The first-order valence-corrected chi connectivity index (χ1v) is 6.37. The van der Waals surface area contributed by atoms with Crippen molar-refractivity contribution in [3.63, 3.8) is 0 Å². The third kappa shape index (κ3) is 4.61. The van der Waals surface area contributed by atoms with Crippen molar-refractivity contribution < 1.29 is 13.5 Å². The number of rotatable bonds is 7. The second kappa shape index (κ2) is 7.31. The van der Waals surface area contributed by atoms with E-state index in [4.69, 9.17) is 5.73 Å². The van der Waals surface area contributed by atoms with Gasteiger partial charge in [-0.05, 0) is 30.0 Å². The lowest BCUT2D eigenvalue weighted by Crippen LogP contribution is -2.15. The predicted molar refractivity (Wildman–Crippen MR) is 68.7 cm³/mol. The van der Waals surface area contributed by atoms with Gasteiger partial charge in [0.05, 0.1) is 0 Å². The summed E-state index contributed by atoms with van der Waals surface area (Å²) >= 11 is 0. The molecule has 1 atom stereocenters. The fraction of sp³-hybridized carbons (Fsp3) is 0.571. The highest BCUT2D eigenvalue weighted by molar-refractivity contribution is 5.29. The monoisotopic (exact) mass is 257 g/mol. The molecule has 0 heterocycles. The molecule has 0 radical (unpaired) electrons. The smallest absolute Gasteiger partial charge is 0.387 e. The molecule has 0 fully saturated rings. The SMILES string of the molecule is CCC(CC)CC(N)c1ccc(OC(F)F)cc1. The van der Waals surface area contributed by atoms with Crippen LogP contribution in [0.4, 0.5) is 8.78 Å². The first kappa shape index (κ1) is 14.9. The van der Waals surface area contributed by atoms with Gasteiger partial charge in [-0.3, -0.25) is 0 Å². The van der Waals surface area contributed by atoms with Gasteiger partial charge in [0.2, 0.25) is 0 Å². The summed E-state index contributed by atoms with van der Waals surface area (Å²) < 4.78 is 28.3. The van der Waals surface area contributed by atoms with Crippen LogP contribution in [0, 0.1) is 5.92 Å². The molecule has 0 saturated heterocycles. The molecule has 2 N–H and O–H groups in total. The summed E-state index contributed by atoms with van der Waals surface area (Å²) in [6, 6.07) is 6.54. The van der Waals surface area contributed by atoms with E-state index >= 15 is 0 Å². The molecule has 102 valence electrons. The van der Waals surface area contributed by atoms with E-state index in [1.165, 1.54) is 12.1 Å². The molecule has 0 amide bonds. The zero-order valence-electron chi connectivity index (χ0n) is 10.9. The number of benzene rings is 1. The average Bonchev–Trinajstić information content (AvgIpc) is 2.35. The fourth-order valence-corrected chi connectivity index (χ4v) is 2.01. The number of nitrogens with two attached hydrogens (primary N) is 1.